The number of hydrogen-bond acceptors (Lipinski definition) is 5. The average molecular weight is 281 g/mol. The van der Waals surface area contributed by atoms with Gasteiger partial charge < -0.3 is 9.15 Å². The van der Waals surface area contributed by atoms with Crippen LogP contribution in [0.4, 0.5) is 0 Å². The van der Waals surface area contributed by atoms with Crippen LogP contribution in [0.1, 0.15) is 6.92 Å². The Morgan fingerprint density at radius 3 is 2.76 bits per heavy atom. The molecule has 0 spiro atoms. The lowest BCUT2D eigenvalue weighted by Crippen LogP contribution is -2.07. The van der Waals surface area contributed by atoms with Crippen molar-refractivity contribution in [3.63, 3.8) is 0 Å². The van der Waals surface area contributed by atoms with Crippen molar-refractivity contribution in [2.45, 2.75) is 6.92 Å². The molecule has 0 bridgehead atoms. The van der Waals surface area contributed by atoms with Crippen LogP contribution < -0.4 is 10.3 Å². The molecule has 5 nitrogen and oxygen atoms in total. The topological polar surface area (TPSA) is 69.4 Å². The summed E-state index contributed by atoms with van der Waals surface area (Å²) >= 11 is 0. The maximum absolute atomic E-state index is 12.0. The highest BCUT2D eigenvalue weighted by Gasteiger charge is 2.09. The second-order valence-corrected chi connectivity index (χ2v) is 4.44. The molecule has 5 heteroatoms. The predicted molar refractivity (Wildman–Crippen MR) is 77.0 cm³/mol. The minimum Gasteiger partial charge on any atom is -0.437 e. The molecule has 0 aliphatic rings. The van der Waals surface area contributed by atoms with Gasteiger partial charge in [-0.2, -0.15) is 4.98 Å². The zero-order chi connectivity index (χ0) is 14.8. The quantitative estimate of drug-likeness (QED) is 0.533. The second kappa shape index (κ2) is 5.20. The van der Waals surface area contributed by atoms with Crippen LogP contribution >= 0.6 is 0 Å². The summed E-state index contributed by atoms with van der Waals surface area (Å²) in [5, 5.41) is 0.428. The standard InChI is InChI=1S/C16H11NO4/c1-10(18)20-12-6-4-5-11(9-12)16-17-15(19)13-7-2-3-8-14(13)21-16/h2-9H,1H3. The third-order valence-corrected chi connectivity index (χ3v) is 2.87. The number of carbonyl (C=O) groups is 1. The van der Waals surface area contributed by atoms with E-state index in [9.17, 15) is 9.59 Å². The largest absolute Gasteiger partial charge is 0.437 e. The lowest BCUT2D eigenvalue weighted by atomic mass is 10.2. The highest BCUT2D eigenvalue weighted by atomic mass is 16.5. The van der Waals surface area contributed by atoms with Crippen LogP contribution in [0.25, 0.3) is 22.4 Å². The van der Waals surface area contributed by atoms with E-state index in [1.165, 1.54) is 6.92 Å². The minimum atomic E-state index is -0.417. The molecule has 0 aliphatic heterocycles. The number of esters is 1. The third kappa shape index (κ3) is 2.67. The van der Waals surface area contributed by atoms with Gasteiger partial charge in [0.05, 0.1) is 5.39 Å². The Balaban J connectivity index is 2.12. The van der Waals surface area contributed by atoms with Crippen LogP contribution in [0.3, 0.4) is 0 Å². The molecule has 0 N–H and O–H groups in total. The Morgan fingerprint density at radius 1 is 1.14 bits per heavy atom. The predicted octanol–water partition coefficient (Wildman–Crippen LogP) is 2.78. The molecule has 0 amide bonds. The maximum atomic E-state index is 12.0. The minimum absolute atomic E-state index is 0.188. The zero-order valence-corrected chi connectivity index (χ0v) is 11.2. The summed E-state index contributed by atoms with van der Waals surface area (Å²) in [6, 6.07) is 13.6. The SMILES string of the molecule is CC(=O)Oc1cccc(-c2nc(=O)c3ccccc3o2)c1. The normalized spacial score (nSPS) is 10.5. The number of hydrogen-bond donors (Lipinski definition) is 0. The number of benzene rings is 2. The Morgan fingerprint density at radius 2 is 1.95 bits per heavy atom. The van der Waals surface area contributed by atoms with Gasteiger partial charge in [-0.05, 0) is 30.3 Å². The summed E-state index contributed by atoms with van der Waals surface area (Å²) in [5.41, 5.74) is 0.673. The number of ether oxygens (including phenoxy) is 1. The smallest absolute Gasteiger partial charge is 0.308 e. The number of aromatic nitrogens is 1. The fourth-order valence-electron chi connectivity index (χ4n) is 1.99. The van der Waals surface area contributed by atoms with E-state index in [4.69, 9.17) is 9.15 Å². The summed E-state index contributed by atoms with van der Waals surface area (Å²) in [5.74, 6) is 0.144. The molecule has 0 radical (unpaired) electrons. The summed E-state index contributed by atoms with van der Waals surface area (Å²) < 4.78 is 10.6. The molecule has 0 aliphatic carbocycles. The van der Waals surface area contributed by atoms with Crippen LogP contribution in [-0.2, 0) is 4.79 Å². The van der Waals surface area contributed by atoms with E-state index in [0.717, 1.165) is 0 Å². The fourth-order valence-corrected chi connectivity index (χ4v) is 1.99. The molecular weight excluding hydrogens is 270 g/mol. The van der Waals surface area contributed by atoms with Crippen molar-refractivity contribution in [1.82, 2.24) is 4.98 Å². The highest BCUT2D eigenvalue weighted by molar-refractivity contribution is 5.76. The Hall–Kier alpha value is -2.95. The summed E-state index contributed by atoms with van der Waals surface area (Å²) in [6.07, 6.45) is 0. The summed E-state index contributed by atoms with van der Waals surface area (Å²) in [6.45, 7) is 1.32. The fraction of sp³-hybridized carbons (Fsp3) is 0.0625. The van der Waals surface area contributed by atoms with Crippen LogP contribution in [0.15, 0.2) is 57.7 Å². The molecule has 0 unspecified atom stereocenters. The number of nitrogens with zero attached hydrogens (tertiary/aromatic N) is 1. The van der Waals surface area contributed by atoms with Gasteiger partial charge in [0.2, 0.25) is 5.89 Å². The van der Waals surface area contributed by atoms with Crippen molar-refractivity contribution in [2.24, 2.45) is 0 Å². The Kier molecular flexibility index (Phi) is 3.23. The van der Waals surface area contributed by atoms with E-state index in [-0.39, 0.29) is 11.4 Å². The molecule has 0 saturated carbocycles. The van der Waals surface area contributed by atoms with Gasteiger partial charge in [0.1, 0.15) is 11.3 Å². The summed E-state index contributed by atoms with van der Waals surface area (Å²) in [7, 11) is 0. The molecule has 1 aromatic heterocycles. The molecule has 0 atom stereocenters. The molecule has 0 fully saturated rings. The second-order valence-electron chi connectivity index (χ2n) is 4.44. The maximum Gasteiger partial charge on any atom is 0.308 e. The van der Waals surface area contributed by atoms with Gasteiger partial charge in [-0.3, -0.25) is 9.59 Å². The van der Waals surface area contributed by atoms with Gasteiger partial charge >= 0.3 is 5.97 Å². The van der Waals surface area contributed by atoms with Crippen molar-refractivity contribution in [3.05, 3.63) is 58.9 Å². The summed E-state index contributed by atoms with van der Waals surface area (Å²) in [4.78, 5) is 26.9. The molecule has 3 rings (SSSR count). The van der Waals surface area contributed by atoms with E-state index in [1.54, 1.807) is 48.5 Å². The van der Waals surface area contributed by atoms with Crippen molar-refractivity contribution in [1.29, 1.82) is 0 Å². The van der Waals surface area contributed by atoms with E-state index >= 15 is 0 Å². The van der Waals surface area contributed by atoms with Gasteiger partial charge in [-0.15, -0.1) is 0 Å². The van der Waals surface area contributed by atoms with E-state index in [2.05, 4.69) is 4.98 Å². The van der Waals surface area contributed by atoms with Crippen molar-refractivity contribution in [2.75, 3.05) is 0 Å². The Bertz CT molecular complexity index is 883. The number of para-hydroxylation sites is 1. The molecule has 21 heavy (non-hydrogen) atoms. The lowest BCUT2D eigenvalue weighted by molar-refractivity contribution is -0.131. The van der Waals surface area contributed by atoms with Gasteiger partial charge in [0.25, 0.3) is 5.56 Å². The van der Waals surface area contributed by atoms with Gasteiger partial charge in [0.15, 0.2) is 0 Å². The van der Waals surface area contributed by atoms with Gasteiger partial charge in [-0.1, -0.05) is 18.2 Å². The lowest BCUT2D eigenvalue weighted by Gasteiger charge is -2.04. The first-order chi connectivity index (χ1) is 10.1. The van der Waals surface area contributed by atoms with E-state index in [1.807, 2.05) is 0 Å². The van der Waals surface area contributed by atoms with Crippen molar-refractivity contribution in [3.8, 4) is 17.2 Å². The van der Waals surface area contributed by atoms with Crippen LogP contribution in [-0.4, -0.2) is 11.0 Å². The third-order valence-electron chi connectivity index (χ3n) is 2.87. The Labute approximate surface area is 119 Å². The van der Waals surface area contributed by atoms with Gasteiger partial charge in [0, 0.05) is 12.5 Å². The molecule has 3 aromatic rings. The van der Waals surface area contributed by atoms with E-state index < -0.39 is 5.97 Å². The average Bonchev–Trinajstić information content (AvgIpc) is 2.47. The van der Waals surface area contributed by atoms with Crippen LogP contribution in [0.5, 0.6) is 5.75 Å². The first kappa shape index (κ1) is 13.1. The molecule has 0 saturated heterocycles. The highest BCUT2D eigenvalue weighted by Crippen LogP contribution is 2.23. The molecule has 104 valence electrons. The van der Waals surface area contributed by atoms with Crippen LogP contribution in [0, 0.1) is 0 Å². The molecule has 1 heterocycles. The first-order valence-corrected chi connectivity index (χ1v) is 6.32. The van der Waals surface area contributed by atoms with Gasteiger partial charge in [-0.25, -0.2) is 0 Å². The van der Waals surface area contributed by atoms with Crippen LogP contribution in [0.2, 0.25) is 0 Å². The van der Waals surface area contributed by atoms with Crippen molar-refractivity contribution < 1.29 is 13.9 Å². The van der Waals surface area contributed by atoms with E-state index in [0.29, 0.717) is 22.3 Å². The molecule has 2 aromatic carbocycles. The van der Waals surface area contributed by atoms with Crippen molar-refractivity contribution >= 4 is 16.9 Å². The molecular formula is C16H11NO4. The number of carbonyl (C=O) groups excluding carboxylic acids is 1. The monoisotopic (exact) mass is 281 g/mol. The zero-order valence-electron chi connectivity index (χ0n) is 11.2. The number of fused-ring (bicyclic) bond motifs is 1. The number of rotatable bonds is 2. The first-order valence-electron chi connectivity index (χ1n) is 6.32.